The maximum atomic E-state index is 13.1. The van der Waals surface area contributed by atoms with Crippen LogP contribution in [0.5, 0.6) is 5.75 Å². The van der Waals surface area contributed by atoms with Gasteiger partial charge in [0.15, 0.2) is 5.75 Å². The van der Waals surface area contributed by atoms with E-state index in [-0.39, 0.29) is 11.2 Å². The lowest BCUT2D eigenvalue weighted by Gasteiger charge is -2.36. The van der Waals surface area contributed by atoms with Crippen molar-refractivity contribution >= 4 is 11.9 Å². The molecule has 0 aliphatic heterocycles. The van der Waals surface area contributed by atoms with Gasteiger partial charge < -0.3 is 15.6 Å². The van der Waals surface area contributed by atoms with E-state index in [9.17, 15) is 4.39 Å². The summed E-state index contributed by atoms with van der Waals surface area (Å²) in [6.07, 6.45) is 14.7. The molecule has 3 atom stereocenters. The molecule has 2 aliphatic rings. The molecule has 5 nitrogen and oxygen atoms in total. The molecule has 0 spiro atoms. The maximum absolute atomic E-state index is 13.1. The van der Waals surface area contributed by atoms with Crippen LogP contribution in [0.15, 0.2) is 72.2 Å². The van der Waals surface area contributed by atoms with Gasteiger partial charge in [-0.15, -0.1) is 0 Å². The van der Waals surface area contributed by atoms with Crippen LogP contribution in [-0.4, -0.2) is 17.2 Å². The summed E-state index contributed by atoms with van der Waals surface area (Å²) in [6.45, 7) is 10.3. The van der Waals surface area contributed by atoms with Gasteiger partial charge in [0.2, 0.25) is 0 Å². The summed E-state index contributed by atoms with van der Waals surface area (Å²) >= 11 is 0. The highest BCUT2D eigenvalue weighted by Crippen LogP contribution is 2.54. The third kappa shape index (κ3) is 8.03. The van der Waals surface area contributed by atoms with Gasteiger partial charge in [-0.05, 0) is 99.0 Å². The van der Waals surface area contributed by atoms with E-state index in [1.165, 1.54) is 30.3 Å². The molecule has 35 heavy (non-hydrogen) atoms. The van der Waals surface area contributed by atoms with Crippen molar-refractivity contribution < 1.29 is 9.23 Å². The van der Waals surface area contributed by atoms with Crippen LogP contribution in [0.25, 0.3) is 0 Å². The van der Waals surface area contributed by atoms with E-state index in [1.807, 2.05) is 26.0 Å². The molecule has 1 heterocycles. The van der Waals surface area contributed by atoms with E-state index >= 15 is 0 Å². The molecule has 0 saturated heterocycles. The van der Waals surface area contributed by atoms with Gasteiger partial charge in [-0.1, -0.05) is 39.3 Å². The number of halogens is 1. The first-order valence-electron chi connectivity index (χ1n) is 12.7. The Morgan fingerprint density at radius 1 is 1.26 bits per heavy atom. The molecular weight excluding hydrogens is 439 g/mol. The summed E-state index contributed by atoms with van der Waals surface area (Å²) in [6, 6.07) is 10.6. The minimum absolute atomic E-state index is 0.192. The van der Waals surface area contributed by atoms with Gasteiger partial charge in [0, 0.05) is 23.6 Å². The number of hydrogen-bond acceptors (Lipinski definition) is 5. The zero-order chi connectivity index (χ0) is 25.7. The number of anilines is 1. The monoisotopic (exact) mass is 480 g/mol. The Labute approximate surface area is 210 Å². The highest BCUT2D eigenvalue weighted by Gasteiger charge is 2.43. The predicted octanol–water partition coefficient (Wildman–Crippen LogP) is 7.70. The van der Waals surface area contributed by atoms with Gasteiger partial charge in [0.05, 0.1) is 6.20 Å². The number of aromatic nitrogens is 1. The maximum Gasteiger partial charge on any atom is 0.165 e. The van der Waals surface area contributed by atoms with E-state index in [1.54, 1.807) is 31.5 Å². The molecule has 1 fully saturated rings. The summed E-state index contributed by atoms with van der Waals surface area (Å²) in [5, 5.41) is 9.51. The van der Waals surface area contributed by atoms with Crippen LogP contribution in [0.3, 0.4) is 0 Å². The molecule has 3 N–H and O–H groups in total. The van der Waals surface area contributed by atoms with Crippen LogP contribution in [0.4, 0.5) is 10.1 Å². The van der Waals surface area contributed by atoms with Crippen molar-refractivity contribution in [3.05, 3.63) is 78.0 Å². The number of allylic oxidation sites excluding steroid dienone is 3. The number of benzene rings is 1. The van der Waals surface area contributed by atoms with Crippen molar-refractivity contribution in [1.82, 2.24) is 10.5 Å². The first kappa shape index (κ1) is 28.2. The summed E-state index contributed by atoms with van der Waals surface area (Å²) in [5.41, 5.74) is 6.99. The molecule has 1 aromatic heterocycles. The average molecular weight is 481 g/mol. The first-order valence-corrected chi connectivity index (χ1v) is 12.7. The smallest absolute Gasteiger partial charge is 0.165 e. The van der Waals surface area contributed by atoms with Crippen LogP contribution >= 0.6 is 0 Å². The standard InChI is InChI=1S/C25H30FN3O.C2H5N.C2H6/c1-3-21(29-30-24-5-4-14-27-17-24)15-18-6-7-19-16-23(12-13-25(18,19)2)28-22-10-8-20(26)9-11-22;1-2-3;1-2/h4-5,8-12,14,16-18,21,28-29H,3,6-7,13,15H2,1-2H3;2-3H,1H3;1-2H3/t18-,21?,25-;;/m1../s1. The number of pyridine rings is 1. The highest BCUT2D eigenvalue weighted by atomic mass is 19.1. The summed E-state index contributed by atoms with van der Waals surface area (Å²) in [4.78, 5) is 9.85. The van der Waals surface area contributed by atoms with Gasteiger partial charge in [0.25, 0.3) is 0 Å². The largest absolute Gasteiger partial charge is 0.407 e. The molecular formula is C29H41FN4O. The Hall–Kier alpha value is -2.99. The van der Waals surface area contributed by atoms with Crippen molar-refractivity contribution in [2.45, 2.75) is 72.8 Å². The second kappa shape index (κ2) is 14.4. The lowest BCUT2D eigenvalue weighted by atomic mass is 9.70. The number of hydrogen-bond donors (Lipinski definition) is 3. The van der Waals surface area contributed by atoms with Crippen molar-refractivity contribution in [2.24, 2.45) is 11.3 Å². The van der Waals surface area contributed by atoms with E-state index in [0.717, 1.165) is 42.8 Å². The predicted molar refractivity (Wildman–Crippen MR) is 144 cm³/mol. The van der Waals surface area contributed by atoms with Gasteiger partial charge >= 0.3 is 0 Å². The Kier molecular flexibility index (Phi) is 11.6. The molecule has 4 rings (SSSR count). The van der Waals surface area contributed by atoms with E-state index < -0.39 is 0 Å². The third-order valence-corrected chi connectivity index (χ3v) is 6.65. The fourth-order valence-electron chi connectivity index (χ4n) is 4.66. The molecule has 2 aliphatic carbocycles. The number of hydroxylamine groups is 1. The Balaban J connectivity index is 0.000000803. The summed E-state index contributed by atoms with van der Waals surface area (Å²) in [5.74, 6) is 1.14. The second-order valence-corrected chi connectivity index (χ2v) is 8.86. The third-order valence-electron chi connectivity index (χ3n) is 6.65. The highest BCUT2D eigenvalue weighted by molar-refractivity contribution is 5.53. The number of nitrogens with one attached hydrogen (secondary N) is 3. The van der Waals surface area contributed by atoms with Crippen molar-refractivity contribution in [1.29, 1.82) is 5.41 Å². The van der Waals surface area contributed by atoms with Crippen LogP contribution in [0.1, 0.15) is 66.7 Å². The van der Waals surface area contributed by atoms with Gasteiger partial charge in [-0.25, -0.2) is 4.39 Å². The molecule has 1 saturated carbocycles. The van der Waals surface area contributed by atoms with Crippen LogP contribution in [0, 0.1) is 22.6 Å². The van der Waals surface area contributed by atoms with Crippen LogP contribution in [0.2, 0.25) is 0 Å². The zero-order valence-electron chi connectivity index (χ0n) is 21.8. The van der Waals surface area contributed by atoms with E-state index in [2.05, 4.69) is 41.8 Å². The average Bonchev–Trinajstić information content (AvgIpc) is 3.20. The molecule has 0 bridgehead atoms. The lowest BCUT2D eigenvalue weighted by Crippen LogP contribution is -2.36. The summed E-state index contributed by atoms with van der Waals surface area (Å²) < 4.78 is 13.1. The van der Waals surface area contributed by atoms with Crippen molar-refractivity contribution in [3.63, 3.8) is 0 Å². The summed E-state index contributed by atoms with van der Waals surface area (Å²) in [7, 11) is 0. The quantitative estimate of drug-likeness (QED) is 0.267. The number of nitrogens with zero attached hydrogens (tertiary/aromatic N) is 1. The van der Waals surface area contributed by atoms with E-state index in [4.69, 9.17) is 10.2 Å². The van der Waals surface area contributed by atoms with Crippen LogP contribution < -0.4 is 15.6 Å². The molecule has 0 radical (unpaired) electrons. The fraction of sp³-hybridized carbons (Fsp3) is 0.448. The molecule has 1 aromatic carbocycles. The van der Waals surface area contributed by atoms with Crippen molar-refractivity contribution in [2.75, 3.05) is 5.32 Å². The molecule has 1 unspecified atom stereocenters. The first-order chi connectivity index (χ1) is 17.0. The second-order valence-electron chi connectivity index (χ2n) is 8.86. The van der Waals surface area contributed by atoms with Crippen LogP contribution in [-0.2, 0) is 0 Å². The van der Waals surface area contributed by atoms with Crippen molar-refractivity contribution in [3.8, 4) is 5.75 Å². The number of rotatable bonds is 8. The Morgan fingerprint density at radius 2 is 1.97 bits per heavy atom. The minimum Gasteiger partial charge on any atom is -0.407 e. The molecule has 6 heteroatoms. The molecule has 0 amide bonds. The van der Waals surface area contributed by atoms with Gasteiger partial charge in [0.1, 0.15) is 5.82 Å². The normalized spacial score (nSPS) is 21.0. The Bertz CT molecular complexity index is 958. The minimum atomic E-state index is -0.214. The lowest BCUT2D eigenvalue weighted by molar-refractivity contribution is 0.120. The number of fused-ring (bicyclic) bond motifs is 1. The van der Waals surface area contributed by atoms with Gasteiger partial charge in [-0.3, -0.25) is 4.98 Å². The molecule has 190 valence electrons. The van der Waals surface area contributed by atoms with Gasteiger partial charge in [-0.2, -0.15) is 5.48 Å². The SMILES string of the molecule is CC.CC=N.CCC(C[C@H]1CCC2=CC(Nc3ccc(F)cc3)=CC[C@@]21C)NOc1cccnc1. The Morgan fingerprint density at radius 3 is 2.60 bits per heavy atom. The topological polar surface area (TPSA) is 70.0 Å². The van der Waals surface area contributed by atoms with E-state index in [0.29, 0.717) is 12.0 Å². The fourth-order valence-corrected chi connectivity index (χ4v) is 4.66. The zero-order valence-corrected chi connectivity index (χ0v) is 21.8. The molecule has 2 aromatic rings.